The number of aliphatic hydroxyl groups is 1. The van der Waals surface area contributed by atoms with Crippen molar-refractivity contribution in [2.45, 2.75) is 39.2 Å². The summed E-state index contributed by atoms with van der Waals surface area (Å²) in [6.45, 7) is 4.94. The molecule has 1 aliphatic rings. The van der Waals surface area contributed by atoms with Crippen LogP contribution in [0.5, 0.6) is 11.5 Å². The second-order valence-electron chi connectivity index (χ2n) is 5.96. The highest BCUT2D eigenvalue weighted by molar-refractivity contribution is 5.55. The van der Waals surface area contributed by atoms with Crippen LogP contribution in [0, 0.1) is 11.8 Å². The first-order valence-corrected chi connectivity index (χ1v) is 7.84. The quantitative estimate of drug-likeness (QED) is 0.845. The number of methoxy groups -OCH3 is 1. The van der Waals surface area contributed by atoms with Crippen molar-refractivity contribution in [2.24, 2.45) is 11.8 Å². The van der Waals surface area contributed by atoms with Gasteiger partial charge in [-0.2, -0.15) is 0 Å². The minimum Gasteiger partial charge on any atom is -0.493 e. The number of hydrogen-bond acceptors (Lipinski definition) is 4. The standard InChI is InChI=1S/C17H27NO3/c1-12-5-4-6-15(13(12)2)18-14-7-8-16(20-3)17(11-14)21-10-9-19/h7-8,11-13,15,18-19H,4-6,9-10H2,1-3H3. The molecule has 0 bridgehead atoms. The van der Waals surface area contributed by atoms with Gasteiger partial charge in [0.2, 0.25) is 0 Å². The number of benzene rings is 1. The Morgan fingerprint density at radius 2 is 2.05 bits per heavy atom. The molecule has 0 radical (unpaired) electrons. The van der Waals surface area contributed by atoms with E-state index in [1.807, 2.05) is 18.2 Å². The number of aliphatic hydroxyl groups excluding tert-OH is 1. The summed E-state index contributed by atoms with van der Waals surface area (Å²) < 4.78 is 10.8. The van der Waals surface area contributed by atoms with Crippen molar-refractivity contribution in [2.75, 3.05) is 25.6 Å². The van der Waals surface area contributed by atoms with Crippen molar-refractivity contribution in [3.63, 3.8) is 0 Å². The summed E-state index contributed by atoms with van der Waals surface area (Å²) in [5.74, 6) is 2.80. The highest BCUT2D eigenvalue weighted by atomic mass is 16.5. The molecule has 118 valence electrons. The average Bonchev–Trinajstić information content (AvgIpc) is 2.50. The summed E-state index contributed by atoms with van der Waals surface area (Å²) in [6.07, 6.45) is 3.82. The van der Waals surface area contributed by atoms with E-state index in [2.05, 4.69) is 19.2 Å². The van der Waals surface area contributed by atoms with Crippen molar-refractivity contribution in [3.05, 3.63) is 18.2 Å². The zero-order valence-corrected chi connectivity index (χ0v) is 13.3. The molecule has 0 saturated heterocycles. The summed E-state index contributed by atoms with van der Waals surface area (Å²) in [5.41, 5.74) is 1.05. The Morgan fingerprint density at radius 1 is 1.24 bits per heavy atom. The summed E-state index contributed by atoms with van der Waals surface area (Å²) >= 11 is 0. The van der Waals surface area contributed by atoms with Crippen molar-refractivity contribution in [1.29, 1.82) is 0 Å². The van der Waals surface area contributed by atoms with Crippen LogP contribution < -0.4 is 14.8 Å². The molecule has 3 unspecified atom stereocenters. The largest absolute Gasteiger partial charge is 0.493 e. The van der Waals surface area contributed by atoms with Gasteiger partial charge in [-0.1, -0.05) is 26.7 Å². The maximum absolute atomic E-state index is 8.90. The van der Waals surface area contributed by atoms with E-state index >= 15 is 0 Å². The molecule has 0 aliphatic heterocycles. The smallest absolute Gasteiger partial charge is 0.163 e. The molecule has 2 rings (SSSR count). The van der Waals surface area contributed by atoms with Crippen molar-refractivity contribution in [1.82, 2.24) is 0 Å². The van der Waals surface area contributed by atoms with Crippen LogP contribution in [0.3, 0.4) is 0 Å². The summed E-state index contributed by atoms with van der Waals surface area (Å²) in [4.78, 5) is 0. The van der Waals surface area contributed by atoms with Gasteiger partial charge in [0, 0.05) is 17.8 Å². The third kappa shape index (κ3) is 4.03. The zero-order valence-electron chi connectivity index (χ0n) is 13.3. The van der Waals surface area contributed by atoms with E-state index in [9.17, 15) is 0 Å². The van der Waals surface area contributed by atoms with Crippen molar-refractivity contribution >= 4 is 5.69 Å². The maximum Gasteiger partial charge on any atom is 0.163 e. The van der Waals surface area contributed by atoms with Crippen LogP contribution in [0.2, 0.25) is 0 Å². The summed E-state index contributed by atoms with van der Waals surface area (Å²) in [6, 6.07) is 6.40. The molecule has 0 aromatic heterocycles. The zero-order chi connectivity index (χ0) is 15.2. The Hall–Kier alpha value is -1.42. The summed E-state index contributed by atoms with van der Waals surface area (Å²) in [5, 5.41) is 12.5. The number of nitrogens with one attached hydrogen (secondary N) is 1. The predicted molar refractivity (Wildman–Crippen MR) is 85.2 cm³/mol. The van der Waals surface area contributed by atoms with Crippen LogP contribution in [0.1, 0.15) is 33.1 Å². The molecule has 0 spiro atoms. The van der Waals surface area contributed by atoms with E-state index in [4.69, 9.17) is 14.6 Å². The fraction of sp³-hybridized carbons (Fsp3) is 0.647. The third-order valence-electron chi connectivity index (χ3n) is 4.57. The third-order valence-corrected chi connectivity index (χ3v) is 4.57. The van der Waals surface area contributed by atoms with Gasteiger partial charge in [0.15, 0.2) is 11.5 Å². The van der Waals surface area contributed by atoms with E-state index in [-0.39, 0.29) is 13.2 Å². The van der Waals surface area contributed by atoms with Gasteiger partial charge in [-0.05, 0) is 30.4 Å². The maximum atomic E-state index is 8.90. The van der Waals surface area contributed by atoms with Gasteiger partial charge in [0.05, 0.1) is 13.7 Å². The molecule has 4 heteroatoms. The van der Waals surface area contributed by atoms with Gasteiger partial charge < -0.3 is 19.9 Å². The lowest BCUT2D eigenvalue weighted by atomic mass is 9.78. The predicted octanol–water partition coefficient (Wildman–Crippen LogP) is 3.30. The lowest BCUT2D eigenvalue weighted by Crippen LogP contribution is -2.34. The van der Waals surface area contributed by atoms with Gasteiger partial charge >= 0.3 is 0 Å². The average molecular weight is 293 g/mol. The molecule has 21 heavy (non-hydrogen) atoms. The van der Waals surface area contributed by atoms with E-state index in [1.54, 1.807) is 7.11 Å². The second kappa shape index (κ2) is 7.55. The molecule has 1 aromatic carbocycles. The molecule has 1 fully saturated rings. The molecular weight excluding hydrogens is 266 g/mol. The topological polar surface area (TPSA) is 50.7 Å². The Morgan fingerprint density at radius 3 is 2.76 bits per heavy atom. The van der Waals surface area contributed by atoms with Crippen LogP contribution in [0.25, 0.3) is 0 Å². The Labute approximate surface area is 127 Å². The van der Waals surface area contributed by atoms with Crippen molar-refractivity contribution in [3.8, 4) is 11.5 Å². The Kier molecular flexibility index (Phi) is 5.74. The van der Waals surface area contributed by atoms with Gasteiger partial charge in [-0.15, -0.1) is 0 Å². The van der Waals surface area contributed by atoms with E-state index in [0.29, 0.717) is 23.5 Å². The molecule has 0 heterocycles. The molecular formula is C17H27NO3. The molecule has 2 N–H and O–H groups in total. The van der Waals surface area contributed by atoms with Gasteiger partial charge in [0.25, 0.3) is 0 Å². The fourth-order valence-corrected chi connectivity index (χ4v) is 3.03. The van der Waals surface area contributed by atoms with Crippen LogP contribution in [0.4, 0.5) is 5.69 Å². The number of hydrogen-bond donors (Lipinski definition) is 2. The van der Waals surface area contributed by atoms with Crippen LogP contribution in [0.15, 0.2) is 18.2 Å². The molecule has 1 aromatic rings. The second-order valence-corrected chi connectivity index (χ2v) is 5.96. The first kappa shape index (κ1) is 16.0. The molecule has 0 amide bonds. The normalized spacial score (nSPS) is 25.4. The van der Waals surface area contributed by atoms with Crippen molar-refractivity contribution < 1.29 is 14.6 Å². The van der Waals surface area contributed by atoms with E-state index < -0.39 is 0 Å². The monoisotopic (exact) mass is 293 g/mol. The Bertz CT molecular complexity index is 450. The molecule has 1 aliphatic carbocycles. The van der Waals surface area contributed by atoms with Crippen LogP contribution in [-0.4, -0.2) is 31.5 Å². The molecule has 1 saturated carbocycles. The number of rotatable bonds is 6. The first-order valence-electron chi connectivity index (χ1n) is 7.84. The number of anilines is 1. The Balaban J connectivity index is 2.08. The molecule has 3 atom stereocenters. The lowest BCUT2D eigenvalue weighted by molar-refractivity contribution is 0.196. The van der Waals surface area contributed by atoms with Crippen LogP contribution in [-0.2, 0) is 0 Å². The minimum atomic E-state index is -0.00200. The highest BCUT2D eigenvalue weighted by Crippen LogP contribution is 2.34. The number of ether oxygens (including phenoxy) is 2. The SMILES string of the molecule is COc1ccc(NC2CCCC(C)C2C)cc1OCCO. The summed E-state index contributed by atoms with van der Waals surface area (Å²) in [7, 11) is 1.62. The fourth-order valence-electron chi connectivity index (χ4n) is 3.03. The molecule has 4 nitrogen and oxygen atoms in total. The lowest BCUT2D eigenvalue weighted by Gasteiger charge is -2.35. The van der Waals surface area contributed by atoms with Crippen LogP contribution >= 0.6 is 0 Å². The van der Waals surface area contributed by atoms with Gasteiger partial charge in [-0.25, -0.2) is 0 Å². The van der Waals surface area contributed by atoms with E-state index in [1.165, 1.54) is 19.3 Å². The first-order chi connectivity index (χ1) is 10.2. The van der Waals surface area contributed by atoms with E-state index in [0.717, 1.165) is 11.6 Å². The van der Waals surface area contributed by atoms with Gasteiger partial charge in [0.1, 0.15) is 6.61 Å². The van der Waals surface area contributed by atoms with Gasteiger partial charge in [-0.3, -0.25) is 0 Å². The minimum absolute atomic E-state index is 0.00200. The highest BCUT2D eigenvalue weighted by Gasteiger charge is 2.26.